The molecule has 0 spiro atoms. The van der Waals surface area contributed by atoms with Gasteiger partial charge in [0.05, 0.1) is 33.5 Å². The van der Waals surface area contributed by atoms with Crippen LogP contribution in [0.2, 0.25) is 0 Å². The number of alkyl halides is 6. The second-order valence-corrected chi connectivity index (χ2v) is 13.1. The molecule has 7 nitrogen and oxygen atoms in total. The van der Waals surface area contributed by atoms with Gasteiger partial charge in [-0.3, -0.25) is 24.7 Å². The number of ether oxygens (including phenoxy) is 2. The number of ketones is 1. The lowest BCUT2D eigenvalue weighted by Crippen LogP contribution is -2.12. The average Bonchev–Trinajstić information content (AvgIpc) is 3.23. The third-order valence-corrected chi connectivity index (χ3v) is 9.37. The molecule has 0 N–H and O–H groups in total. The number of hydrogen-bond acceptors (Lipinski definition) is 7. The van der Waals surface area contributed by atoms with E-state index in [9.17, 15) is 26.3 Å². The summed E-state index contributed by atoms with van der Waals surface area (Å²) in [7, 11) is 0. The van der Waals surface area contributed by atoms with Crippen molar-refractivity contribution >= 4 is 27.6 Å². The fourth-order valence-corrected chi connectivity index (χ4v) is 6.78. The molecule has 0 aliphatic heterocycles. The molecule has 4 heterocycles. The summed E-state index contributed by atoms with van der Waals surface area (Å²) in [4.78, 5) is 32.0. The zero-order valence-corrected chi connectivity index (χ0v) is 30.1. The highest BCUT2D eigenvalue weighted by Crippen LogP contribution is 2.43. The number of halogens is 6. The molecule has 0 amide bonds. The van der Waals surface area contributed by atoms with Gasteiger partial charge in [-0.05, 0) is 71.8 Å². The standard InChI is InChI=1S/C45H28F6N4O3/c46-44(47,48)37-17-7-15-33-39(27-9-5-13-31(21-27)57-25-29-11-1-3-19-52-29)35(23-54-41(33)37)43(56)36-24-55-42-34(16-8-18-38(42)45(49,50)51)40(36)28-10-6-14-32(22-28)58-26-30-12-2-4-20-53-30/h1-24H,25-26H2. The summed E-state index contributed by atoms with van der Waals surface area (Å²) < 4.78 is 98.1. The van der Waals surface area contributed by atoms with Crippen molar-refractivity contribution in [2.75, 3.05) is 0 Å². The highest BCUT2D eigenvalue weighted by Gasteiger charge is 2.36. The molecule has 8 rings (SSSR count). The van der Waals surface area contributed by atoms with Crippen molar-refractivity contribution in [1.82, 2.24) is 19.9 Å². The predicted molar refractivity (Wildman–Crippen MR) is 205 cm³/mol. The van der Waals surface area contributed by atoms with Crippen LogP contribution in [-0.4, -0.2) is 25.7 Å². The maximum absolute atomic E-state index is 15.1. The van der Waals surface area contributed by atoms with E-state index < -0.39 is 40.3 Å². The van der Waals surface area contributed by atoms with E-state index in [0.29, 0.717) is 34.0 Å². The molecule has 0 aliphatic carbocycles. The monoisotopic (exact) mass is 786 g/mol. The van der Waals surface area contributed by atoms with E-state index in [1.54, 1.807) is 97.3 Å². The second kappa shape index (κ2) is 15.4. The van der Waals surface area contributed by atoms with Crippen molar-refractivity contribution in [3.8, 4) is 33.8 Å². The van der Waals surface area contributed by atoms with E-state index in [1.807, 2.05) is 0 Å². The maximum atomic E-state index is 15.1. The first-order valence-electron chi connectivity index (χ1n) is 17.7. The molecule has 4 aromatic heterocycles. The molecule has 0 saturated carbocycles. The number of rotatable bonds is 10. The molecular formula is C45H28F6N4O3. The van der Waals surface area contributed by atoms with Crippen molar-refractivity contribution in [1.29, 1.82) is 0 Å². The van der Waals surface area contributed by atoms with E-state index in [4.69, 9.17) is 9.47 Å². The van der Waals surface area contributed by atoms with Crippen molar-refractivity contribution in [2.45, 2.75) is 25.6 Å². The Labute approximate surface area is 326 Å². The fraction of sp³-hybridized carbons (Fsp3) is 0.0889. The minimum absolute atomic E-state index is 0.0159. The zero-order chi connectivity index (χ0) is 40.4. The zero-order valence-electron chi connectivity index (χ0n) is 30.1. The Balaban J connectivity index is 1.32. The Kier molecular flexibility index (Phi) is 10.0. The topological polar surface area (TPSA) is 87.1 Å². The molecule has 8 aromatic rings. The molecule has 288 valence electrons. The van der Waals surface area contributed by atoms with E-state index in [0.717, 1.165) is 24.5 Å². The number of benzene rings is 4. The van der Waals surface area contributed by atoms with E-state index in [1.165, 1.54) is 24.3 Å². The van der Waals surface area contributed by atoms with Crippen LogP contribution in [0.5, 0.6) is 11.5 Å². The second-order valence-electron chi connectivity index (χ2n) is 13.1. The van der Waals surface area contributed by atoms with Crippen LogP contribution in [0.3, 0.4) is 0 Å². The maximum Gasteiger partial charge on any atom is 0.418 e. The lowest BCUT2D eigenvalue weighted by Gasteiger charge is -2.19. The number of para-hydroxylation sites is 2. The van der Waals surface area contributed by atoms with Crippen molar-refractivity contribution in [3.05, 3.63) is 180 Å². The van der Waals surface area contributed by atoms with Crippen LogP contribution >= 0.6 is 0 Å². The molecule has 0 atom stereocenters. The SMILES string of the molecule is O=C(c1cnc2c(C(F)(F)F)cccc2c1-c1cccc(OCc2ccccn2)c1)c1cnc2c(C(F)(F)F)cccc2c1-c1cccc(OCc2ccccn2)c1. The largest absolute Gasteiger partial charge is 0.487 e. The Bertz CT molecular complexity index is 2610. The molecule has 0 fully saturated rings. The third-order valence-electron chi connectivity index (χ3n) is 9.37. The Morgan fingerprint density at radius 3 is 1.33 bits per heavy atom. The van der Waals surface area contributed by atoms with Crippen LogP contribution in [0.15, 0.2) is 146 Å². The molecule has 13 heteroatoms. The number of pyridine rings is 4. The minimum atomic E-state index is -4.78. The van der Waals surface area contributed by atoms with Crippen LogP contribution in [0.1, 0.15) is 38.4 Å². The lowest BCUT2D eigenvalue weighted by molar-refractivity contribution is -0.137. The molecule has 0 saturated heterocycles. The number of nitrogens with zero attached hydrogens (tertiary/aromatic N) is 4. The van der Waals surface area contributed by atoms with Gasteiger partial charge in [-0.15, -0.1) is 0 Å². The fourth-order valence-electron chi connectivity index (χ4n) is 6.78. The van der Waals surface area contributed by atoms with Gasteiger partial charge in [-0.2, -0.15) is 26.3 Å². The lowest BCUT2D eigenvalue weighted by atomic mass is 9.87. The van der Waals surface area contributed by atoms with E-state index in [2.05, 4.69) is 19.9 Å². The summed E-state index contributed by atoms with van der Waals surface area (Å²) in [5.41, 5.74) is -0.938. The van der Waals surface area contributed by atoms with Crippen molar-refractivity contribution in [2.24, 2.45) is 0 Å². The minimum Gasteiger partial charge on any atom is -0.487 e. The molecule has 4 aromatic carbocycles. The van der Waals surface area contributed by atoms with Gasteiger partial charge in [-0.1, -0.05) is 60.7 Å². The Morgan fingerprint density at radius 1 is 0.500 bits per heavy atom. The van der Waals surface area contributed by atoms with E-state index >= 15 is 4.79 Å². The summed E-state index contributed by atoms with van der Waals surface area (Å²) in [5.74, 6) is -0.0641. The van der Waals surface area contributed by atoms with Crippen molar-refractivity contribution < 1.29 is 40.6 Å². The summed E-state index contributed by atoms with van der Waals surface area (Å²) in [5, 5.41) is 0.0317. The first-order valence-corrected chi connectivity index (χ1v) is 17.7. The number of carbonyl (C=O) groups is 1. The van der Waals surface area contributed by atoms with E-state index in [-0.39, 0.29) is 46.2 Å². The number of aromatic nitrogens is 4. The molecule has 0 radical (unpaired) electrons. The first kappa shape index (κ1) is 37.8. The third kappa shape index (κ3) is 7.66. The average molecular weight is 787 g/mol. The first-order chi connectivity index (χ1) is 28.0. The van der Waals surface area contributed by atoms with Crippen LogP contribution in [0.4, 0.5) is 26.3 Å². The smallest absolute Gasteiger partial charge is 0.418 e. The van der Waals surface area contributed by atoms with Gasteiger partial charge in [-0.25, -0.2) is 0 Å². The molecule has 0 aliphatic rings. The normalized spacial score (nSPS) is 11.8. The predicted octanol–water partition coefficient (Wildman–Crippen LogP) is 11.3. The summed E-state index contributed by atoms with van der Waals surface area (Å²) in [6.45, 7) is 0.171. The highest BCUT2D eigenvalue weighted by molar-refractivity contribution is 6.21. The van der Waals surface area contributed by atoms with Crippen LogP contribution in [0.25, 0.3) is 44.1 Å². The van der Waals surface area contributed by atoms with Crippen LogP contribution in [-0.2, 0) is 25.6 Å². The van der Waals surface area contributed by atoms with Gasteiger partial charge in [0.15, 0.2) is 5.78 Å². The van der Waals surface area contributed by atoms with Gasteiger partial charge in [0, 0.05) is 57.8 Å². The molecular weight excluding hydrogens is 759 g/mol. The van der Waals surface area contributed by atoms with Gasteiger partial charge in [0.25, 0.3) is 0 Å². The summed E-state index contributed by atoms with van der Waals surface area (Å²) in [6, 6.07) is 30.8. The molecule has 58 heavy (non-hydrogen) atoms. The number of fused-ring (bicyclic) bond motifs is 2. The Morgan fingerprint density at radius 2 is 0.931 bits per heavy atom. The molecule has 0 bridgehead atoms. The van der Waals surface area contributed by atoms with Crippen LogP contribution in [0, 0.1) is 0 Å². The van der Waals surface area contributed by atoms with Gasteiger partial charge < -0.3 is 9.47 Å². The summed E-state index contributed by atoms with van der Waals surface area (Å²) in [6.07, 6.45) is -4.22. The highest BCUT2D eigenvalue weighted by atomic mass is 19.4. The number of hydrogen-bond donors (Lipinski definition) is 0. The van der Waals surface area contributed by atoms with Crippen LogP contribution < -0.4 is 9.47 Å². The quantitative estimate of drug-likeness (QED) is 0.101. The molecule has 0 unspecified atom stereocenters. The van der Waals surface area contributed by atoms with Gasteiger partial charge in [0.1, 0.15) is 24.7 Å². The van der Waals surface area contributed by atoms with Gasteiger partial charge in [0.2, 0.25) is 0 Å². The van der Waals surface area contributed by atoms with Crippen molar-refractivity contribution in [3.63, 3.8) is 0 Å². The summed E-state index contributed by atoms with van der Waals surface area (Å²) >= 11 is 0. The Hall–Kier alpha value is -7.15. The van der Waals surface area contributed by atoms with Gasteiger partial charge >= 0.3 is 12.4 Å². The number of carbonyl (C=O) groups excluding carboxylic acids is 1.